The molecule has 8 heteroatoms. The summed E-state index contributed by atoms with van der Waals surface area (Å²) in [4.78, 5) is 42.9. The molecule has 0 radical (unpaired) electrons. The van der Waals surface area contributed by atoms with Gasteiger partial charge in [-0.15, -0.1) is 0 Å². The van der Waals surface area contributed by atoms with E-state index in [9.17, 15) is 19.5 Å². The van der Waals surface area contributed by atoms with Crippen LogP contribution in [-0.2, 0) is 25.7 Å². The van der Waals surface area contributed by atoms with Gasteiger partial charge in [-0.05, 0) is 50.5 Å². The molecule has 3 aliphatic rings. The Morgan fingerprint density at radius 2 is 1.78 bits per heavy atom. The van der Waals surface area contributed by atoms with Crippen molar-refractivity contribution in [2.24, 2.45) is 23.2 Å². The Morgan fingerprint density at radius 3 is 2.38 bits per heavy atom. The van der Waals surface area contributed by atoms with Crippen LogP contribution < -0.4 is 10.6 Å². The molecule has 2 bridgehead atoms. The van der Waals surface area contributed by atoms with Gasteiger partial charge in [0.2, 0.25) is 17.7 Å². The average Bonchev–Trinajstić information content (AvgIpc) is 3.28. The summed E-state index contributed by atoms with van der Waals surface area (Å²) in [7, 11) is 0. The van der Waals surface area contributed by atoms with E-state index in [0.717, 1.165) is 12.0 Å². The second-order valence-corrected chi connectivity index (χ2v) is 13.3. The molecule has 3 amide bonds. The van der Waals surface area contributed by atoms with Crippen LogP contribution in [0.3, 0.4) is 0 Å². The summed E-state index contributed by atoms with van der Waals surface area (Å²) < 4.78 is 6.70. The zero-order chi connectivity index (χ0) is 27.4. The summed E-state index contributed by atoms with van der Waals surface area (Å²) in [6, 6.07) is 8.71. The maximum absolute atomic E-state index is 13.9. The van der Waals surface area contributed by atoms with Gasteiger partial charge < -0.3 is 25.4 Å². The topological polar surface area (TPSA) is 108 Å². The van der Waals surface area contributed by atoms with Gasteiger partial charge in [0, 0.05) is 18.6 Å². The lowest BCUT2D eigenvalue weighted by atomic mass is 9.62. The average molecular weight is 514 g/mol. The molecular weight excluding hydrogens is 470 g/mol. The smallest absolute Gasteiger partial charge is 0.246 e. The third kappa shape index (κ3) is 4.78. The van der Waals surface area contributed by atoms with Gasteiger partial charge >= 0.3 is 0 Å². The lowest BCUT2D eigenvalue weighted by molar-refractivity contribution is -0.148. The first-order chi connectivity index (χ1) is 17.2. The first kappa shape index (κ1) is 27.6. The van der Waals surface area contributed by atoms with Crippen LogP contribution in [0.1, 0.15) is 66.9 Å². The molecule has 204 valence electrons. The molecule has 3 saturated heterocycles. The van der Waals surface area contributed by atoms with E-state index >= 15 is 0 Å². The normalized spacial score (nSPS) is 33.0. The van der Waals surface area contributed by atoms with E-state index in [2.05, 4.69) is 31.4 Å². The first-order valence-corrected chi connectivity index (χ1v) is 13.4. The van der Waals surface area contributed by atoms with Crippen LogP contribution in [0.25, 0.3) is 0 Å². The standard InChI is InChI=1S/C29H43N3O5/c1-18-15-29-21(20(28(18,7)37-29)23(34)30-16-19-11-9-8-10-12-19)25(36)32(13-14-33)22(29)24(35)31-27(5,6)17-26(2,3)4/h8-12,18,20-22,33H,13-17H2,1-7H3,(H,30,34)(H,31,35)/t18?,20-,21-,22?,28+,29?/m0/s1. The van der Waals surface area contributed by atoms with Gasteiger partial charge in [0.15, 0.2) is 0 Å². The van der Waals surface area contributed by atoms with Crippen molar-refractivity contribution in [2.45, 2.75) is 90.6 Å². The highest BCUT2D eigenvalue weighted by atomic mass is 16.5. The number of fused-ring (bicyclic) bond motifs is 1. The molecule has 3 heterocycles. The molecule has 0 aliphatic carbocycles. The van der Waals surface area contributed by atoms with Gasteiger partial charge in [0.05, 0.1) is 24.0 Å². The largest absolute Gasteiger partial charge is 0.395 e. The number of carbonyl (C=O) groups excluding carboxylic acids is 3. The molecule has 0 aromatic heterocycles. The highest BCUT2D eigenvalue weighted by Gasteiger charge is 2.79. The third-order valence-electron chi connectivity index (χ3n) is 8.43. The van der Waals surface area contributed by atoms with Crippen LogP contribution in [0.15, 0.2) is 30.3 Å². The number of ether oxygens (including phenoxy) is 1. The Kier molecular flexibility index (Phi) is 6.99. The number of β-amino-alcohol motifs (C(OH)–C–C–N with tert-alkyl or cyclic N) is 1. The van der Waals surface area contributed by atoms with Crippen molar-refractivity contribution in [2.75, 3.05) is 13.2 Å². The lowest BCUT2D eigenvalue weighted by Gasteiger charge is -2.38. The maximum atomic E-state index is 13.9. The minimum atomic E-state index is -1.11. The van der Waals surface area contributed by atoms with Crippen molar-refractivity contribution >= 4 is 17.7 Å². The van der Waals surface area contributed by atoms with Crippen LogP contribution in [0.2, 0.25) is 0 Å². The van der Waals surface area contributed by atoms with E-state index in [1.807, 2.05) is 58.0 Å². The summed E-state index contributed by atoms with van der Waals surface area (Å²) in [6.45, 7) is 14.3. The number of aliphatic hydroxyl groups excluding tert-OH is 1. The van der Waals surface area contributed by atoms with E-state index < -0.39 is 34.6 Å². The number of hydrogen-bond acceptors (Lipinski definition) is 5. The van der Waals surface area contributed by atoms with Crippen molar-refractivity contribution in [3.05, 3.63) is 35.9 Å². The number of benzene rings is 1. The number of likely N-dealkylation sites (tertiary alicyclic amines) is 1. The van der Waals surface area contributed by atoms with Gasteiger partial charge in [-0.2, -0.15) is 0 Å². The molecule has 1 spiro atoms. The second kappa shape index (κ2) is 9.38. The fourth-order valence-electron chi connectivity index (χ4n) is 7.45. The number of nitrogens with one attached hydrogen (secondary N) is 2. The van der Waals surface area contributed by atoms with Crippen LogP contribution in [0.5, 0.6) is 0 Å². The Labute approximate surface area is 220 Å². The van der Waals surface area contributed by atoms with Crippen LogP contribution >= 0.6 is 0 Å². The lowest BCUT2D eigenvalue weighted by Crippen LogP contribution is -2.59. The fourth-order valence-corrected chi connectivity index (χ4v) is 7.45. The summed E-state index contributed by atoms with van der Waals surface area (Å²) in [5.41, 5.74) is -1.55. The molecule has 37 heavy (non-hydrogen) atoms. The summed E-state index contributed by atoms with van der Waals surface area (Å²) >= 11 is 0. The minimum Gasteiger partial charge on any atom is -0.395 e. The first-order valence-electron chi connectivity index (χ1n) is 13.4. The van der Waals surface area contributed by atoms with Crippen molar-refractivity contribution in [3.8, 4) is 0 Å². The SMILES string of the molecule is CC1CC23O[C@@]1(C)[C@H](C(=O)NCc1ccccc1)[C@H]2C(=O)N(CCO)C3C(=O)NC(C)(C)CC(C)(C)C. The molecule has 0 saturated carbocycles. The van der Waals surface area contributed by atoms with Gasteiger partial charge in [-0.3, -0.25) is 14.4 Å². The molecule has 8 nitrogen and oxygen atoms in total. The van der Waals surface area contributed by atoms with E-state index in [0.29, 0.717) is 13.0 Å². The number of carbonyl (C=O) groups is 3. The minimum absolute atomic E-state index is 0.0138. The molecule has 6 atom stereocenters. The van der Waals surface area contributed by atoms with E-state index in [1.165, 1.54) is 4.90 Å². The Hall–Kier alpha value is -2.45. The van der Waals surface area contributed by atoms with E-state index in [-0.39, 0.29) is 42.2 Å². The van der Waals surface area contributed by atoms with Crippen LogP contribution in [-0.4, -0.2) is 63.7 Å². The van der Waals surface area contributed by atoms with Crippen molar-refractivity contribution in [3.63, 3.8) is 0 Å². The van der Waals surface area contributed by atoms with Gasteiger partial charge in [-0.25, -0.2) is 0 Å². The van der Waals surface area contributed by atoms with Gasteiger partial charge in [0.1, 0.15) is 11.6 Å². The molecule has 1 aromatic rings. The van der Waals surface area contributed by atoms with Crippen molar-refractivity contribution in [1.82, 2.24) is 15.5 Å². The van der Waals surface area contributed by atoms with E-state index in [1.54, 1.807) is 0 Å². The number of rotatable bonds is 8. The second-order valence-electron chi connectivity index (χ2n) is 13.3. The number of amides is 3. The number of nitrogens with zero attached hydrogens (tertiary/aromatic N) is 1. The molecule has 4 rings (SSSR count). The molecular formula is C29H43N3O5. The predicted molar refractivity (Wildman–Crippen MR) is 140 cm³/mol. The summed E-state index contributed by atoms with van der Waals surface area (Å²) in [5, 5.41) is 16.0. The molecule has 3 fully saturated rings. The monoisotopic (exact) mass is 513 g/mol. The van der Waals surface area contributed by atoms with Crippen LogP contribution in [0, 0.1) is 23.2 Å². The molecule has 3 N–H and O–H groups in total. The van der Waals surface area contributed by atoms with E-state index in [4.69, 9.17) is 4.74 Å². The Bertz CT molecular complexity index is 1050. The fraction of sp³-hybridized carbons (Fsp3) is 0.690. The van der Waals surface area contributed by atoms with Crippen molar-refractivity contribution in [1.29, 1.82) is 0 Å². The quantitative estimate of drug-likeness (QED) is 0.495. The number of hydrogen-bond donors (Lipinski definition) is 3. The zero-order valence-electron chi connectivity index (χ0n) is 23.3. The third-order valence-corrected chi connectivity index (χ3v) is 8.43. The Balaban J connectivity index is 1.66. The van der Waals surface area contributed by atoms with Gasteiger partial charge in [0.25, 0.3) is 0 Å². The molecule has 3 unspecified atom stereocenters. The van der Waals surface area contributed by atoms with Crippen LogP contribution in [0.4, 0.5) is 0 Å². The van der Waals surface area contributed by atoms with Gasteiger partial charge in [-0.1, -0.05) is 58.0 Å². The zero-order valence-corrected chi connectivity index (χ0v) is 23.3. The van der Waals surface area contributed by atoms with Crippen molar-refractivity contribution < 1.29 is 24.2 Å². The highest BCUT2D eigenvalue weighted by Crippen LogP contribution is 2.65. The number of aliphatic hydroxyl groups is 1. The maximum Gasteiger partial charge on any atom is 0.246 e. The summed E-state index contributed by atoms with van der Waals surface area (Å²) in [6.07, 6.45) is 1.24. The summed E-state index contributed by atoms with van der Waals surface area (Å²) in [5.74, 6) is -2.36. The molecule has 3 aliphatic heterocycles. The Morgan fingerprint density at radius 1 is 1.14 bits per heavy atom. The highest BCUT2D eigenvalue weighted by molar-refractivity contribution is 5.99. The molecule has 1 aromatic carbocycles. The predicted octanol–water partition coefficient (Wildman–Crippen LogP) is 2.64.